The number of nitrogens with one attached hydrogen (secondary N) is 1. The first-order valence-corrected chi connectivity index (χ1v) is 7.56. The molecule has 1 aromatic heterocycles. The van der Waals surface area contributed by atoms with Crippen molar-refractivity contribution in [1.29, 1.82) is 0 Å². The van der Waals surface area contributed by atoms with E-state index >= 15 is 0 Å². The highest BCUT2D eigenvalue weighted by atomic mass is 16.5. The van der Waals surface area contributed by atoms with Crippen LogP contribution in [0.15, 0.2) is 43.0 Å². The second kappa shape index (κ2) is 5.90. The molecule has 1 atom stereocenters. The van der Waals surface area contributed by atoms with Crippen LogP contribution in [0.4, 0.5) is 5.69 Å². The van der Waals surface area contributed by atoms with Crippen LogP contribution >= 0.6 is 0 Å². The molecule has 0 radical (unpaired) electrons. The van der Waals surface area contributed by atoms with Gasteiger partial charge in [-0.3, -0.25) is 0 Å². The lowest BCUT2D eigenvalue weighted by molar-refractivity contribution is -0.0553. The molecule has 0 amide bonds. The lowest BCUT2D eigenvalue weighted by Gasteiger charge is -2.36. The fourth-order valence-corrected chi connectivity index (χ4v) is 2.94. The third kappa shape index (κ3) is 3.85. The average Bonchev–Trinajstić information content (AvgIpc) is 2.91. The molecule has 112 valence electrons. The molecule has 1 saturated heterocycles. The zero-order valence-corrected chi connectivity index (χ0v) is 12.7. The summed E-state index contributed by atoms with van der Waals surface area (Å²) in [7, 11) is 0. The summed E-state index contributed by atoms with van der Waals surface area (Å²) in [5, 5.41) is 3.65. The third-order valence-electron chi connectivity index (χ3n) is 3.92. The van der Waals surface area contributed by atoms with Crippen molar-refractivity contribution in [3.8, 4) is 0 Å². The van der Waals surface area contributed by atoms with Crippen LogP contribution in [0.2, 0.25) is 0 Å². The molecule has 21 heavy (non-hydrogen) atoms. The number of anilines is 1. The Labute approximate surface area is 126 Å². The quantitative estimate of drug-likeness (QED) is 0.937. The predicted octanol–water partition coefficient (Wildman–Crippen LogP) is 3.30. The van der Waals surface area contributed by atoms with Gasteiger partial charge in [0.15, 0.2) is 0 Å². The molecule has 4 nitrogen and oxygen atoms in total. The van der Waals surface area contributed by atoms with Crippen LogP contribution in [0.1, 0.15) is 32.3 Å². The van der Waals surface area contributed by atoms with Crippen molar-refractivity contribution < 1.29 is 4.74 Å². The number of nitrogens with zero attached hydrogens (tertiary/aromatic N) is 2. The topological polar surface area (TPSA) is 39.1 Å². The molecule has 0 aliphatic carbocycles. The van der Waals surface area contributed by atoms with Crippen molar-refractivity contribution in [2.75, 3.05) is 11.9 Å². The van der Waals surface area contributed by atoms with Gasteiger partial charge in [-0.05, 0) is 44.4 Å². The molecule has 2 heterocycles. The lowest BCUT2D eigenvalue weighted by Crippen LogP contribution is -2.40. The molecule has 0 bridgehead atoms. The minimum Gasteiger partial charge on any atom is -0.382 e. The predicted molar refractivity (Wildman–Crippen MR) is 84.4 cm³/mol. The van der Waals surface area contributed by atoms with Gasteiger partial charge in [0.2, 0.25) is 0 Å². The van der Waals surface area contributed by atoms with Crippen LogP contribution in [0.5, 0.6) is 0 Å². The van der Waals surface area contributed by atoms with E-state index in [0.717, 1.165) is 26.0 Å². The monoisotopic (exact) mass is 285 g/mol. The maximum Gasteiger partial charge on any atom is 0.0949 e. The van der Waals surface area contributed by atoms with Crippen LogP contribution in [0.3, 0.4) is 0 Å². The second-order valence-corrected chi connectivity index (χ2v) is 6.38. The van der Waals surface area contributed by atoms with Gasteiger partial charge in [0.25, 0.3) is 0 Å². The molecule has 2 aromatic rings. The van der Waals surface area contributed by atoms with Gasteiger partial charge in [0.1, 0.15) is 0 Å². The zero-order chi connectivity index (χ0) is 14.7. The molecule has 3 rings (SSSR count). The summed E-state index contributed by atoms with van der Waals surface area (Å²) in [5.74, 6) is 0. The van der Waals surface area contributed by atoms with E-state index in [9.17, 15) is 0 Å². The van der Waals surface area contributed by atoms with Crippen molar-refractivity contribution in [3.63, 3.8) is 0 Å². The van der Waals surface area contributed by atoms with Crippen LogP contribution in [0.25, 0.3) is 0 Å². The molecule has 1 N–H and O–H groups in total. The van der Waals surface area contributed by atoms with Gasteiger partial charge in [-0.2, -0.15) is 0 Å². The van der Waals surface area contributed by atoms with Gasteiger partial charge >= 0.3 is 0 Å². The van der Waals surface area contributed by atoms with Gasteiger partial charge in [-0.1, -0.05) is 12.1 Å². The fourth-order valence-electron chi connectivity index (χ4n) is 2.94. The molecule has 1 aliphatic rings. The summed E-state index contributed by atoms with van der Waals surface area (Å²) in [5.41, 5.74) is 2.45. The first-order valence-electron chi connectivity index (χ1n) is 7.56. The normalized spacial score (nSPS) is 21.1. The minimum absolute atomic E-state index is 0.0235. The number of rotatable bonds is 4. The number of hydrogen-bond acceptors (Lipinski definition) is 3. The summed E-state index contributed by atoms with van der Waals surface area (Å²) in [6.45, 7) is 6.01. The Morgan fingerprint density at radius 2 is 2.33 bits per heavy atom. The highest BCUT2D eigenvalue weighted by Crippen LogP contribution is 2.26. The largest absolute Gasteiger partial charge is 0.382 e. The van der Waals surface area contributed by atoms with Gasteiger partial charge < -0.3 is 14.6 Å². The van der Waals surface area contributed by atoms with Crippen LogP contribution in [0, 0.1) is 0 Å². The van der Waals surface area contributed by atoms with E-state index in [4.69, 9.17) is 4.74 Å². The number of imidazole rings is 1. The standard InChI is InChI=1S/C17H23N3O/c1-17(2)11-16(6-9-21-17)19-15-5-3-4-14(10-15)12-20-8-7-18-13-20/h3-5,7-8,10,13,16,19H,6,9,11-12H2,1-2H3. The first-order chi connectivity index (χ1) is 10.1. The Balaban J connectivity index is 1.65. The van der Waals surface area contributed by atoms with Crippen LogP contribution in [-0.2, 0) is 11.3 Å². The van der Waals surface area contributed by atoms with Crippen LogP contribution in [-0.4, -0.2) is 27.8 Å². The van der Waals surface area contributed by atoms with Gasteiger partial charge in [-0.15, -0.1) is 0 Å². The van der Waals surface area contributed by atoms with Crippen LogP contribution < -0.4 is 5.32 Å². The SMILES string of the molecule is CC1(C)CC(Nc2cccc(Cn3ccnc3)c2)CCO1. The Bertz CT molecular complexity index is 577. The summed E-state index contributed by atoms with van der Waals surface area (Å²) in [6, 6.07) is 9.11. The van der Waals surface area contributed by atoms with E-state index in [-0.39, 0.29) is 5.60 Å². The summed E-state index contributed by atoms with van der Waals surface area (Å²) < 4.78 is 7.86. The molecule has 1 fully saturated rings. The lowest BCUT2D eigenvalue weighted by atomic mass is 9.94. The number of ether oxygens (including phenoxy) is 1. The highest BCUT2D eigenvalue weighted by molar-refractivity contribution is 5.46. The summed E-state index contributed by atoms with van der Waals surface area (Å²) >= 11 is 0. The molecule has 0 spiro atoms. The van der Waals surface area contributed by atoms with Crippen molar-refractivity contribution >= 4 is 5.69 Å². The first kappa shape index (κ1) is 14.1. The molecule has 1 aliphatic heterocycles. The average molecular weight is 285 g/mol. The van der Waals surface area contributed by atoms with Gasteiger partial charge in [-0.25, -0.2) is 4.98 Å². The van der Waals surface area contributed by atoms with E-state index in [1.807, 2.05) is 18.7 Å². The molecule has 0 saturated carbocycles. The Morgan fingerprint density at radius 3 is 3.10 bits per heavy atom. The van der Waals surface area contributed by atoms with Crippen molar-refractivity contribution in [2.24, 2.45) is 0 Å². The fraction of sp³-hybridized carbons (Fsp3) is 0.471. The van der Waals surface area contributed by atoms with Crippen molar-refractivity contribution in [3.05, 3.63) is 48.5 Å². The molecule has 4 heteroatoms. The van der Waals surface area contributed by atoms with E-state index < -0.39 is 0 Å². The maximum atomic E-state index is 5.78. The molecular formula is C17H23N3O. The maximum absolute atomic E-state index is 5.78. The summed E-state index contributed by atoms with van der Waals surface area (Å²) in [4.78, 5) is 4.08. The van der Waals surface area contributed by atoms with E-state index in [0.29, 0.717) is 6.04 Å². The van der Waals surface area contributed by atoms with Gasteiger partial charge in [0, 0.05) is 37.3 Å². The van der Waals surface area contributed by atoms with E-state index in [1.165, 1.54) is 11.3 Å². The molecule has 1 aromatic carbocycles. The second-order valence-electron chi connectivity index (χ2n) is 6.38. The number of aromatic nitrogens is 2. The minimum atomic E-state index is -0.0235. The number of benzene rings is 1. The number of hydrogen-bond donors (Lipinski definition) is 1. The van der Waals surface area contributed by atoms with E-state index in [1.54, 1.807) is 0 Å². The zero-order valence-electron chi connectivity index (χ0n) is 12.7. The van der Waals surface area contributed by atoms with Gasteiger partial charge in [0.05, 0.1) is 11.9 Å². The smallest absolute Gasteiger partial charge is 0.0949 e. The molecular weight excluding hydrogens is 262 g/mol. The Kier molecular flexibility index (Phi) is 3.97. The highest BCUT2D eigenvalue weighted by Gasteiger charge is 2.28. The third-order valence-corrected chi connectivity index (χ3v) is 3.92. The van der Waals surface area contributed by atoms with Crippen molar-refractivity contribution in [1.82, 2.24) is 9.55 Å². The van der Waals surface area contributed by atoms with Crippen molar-refractivity contribution in [2.45, 2.75) is 44.9 Å². The Morgan fingerprint density at radius 1 is 1.43 bits per heavy atom. The molecule has 1 unspecified atom stereocenters. The summed E-state index contributed by atoms with van der Waals surface area (Å²) in [6.07, 6.45) is 7.75. The van der Waals surface area contributed by atoms with E-state index in [2.05, 4.69) is 53.0 Å². The Hall–Kier alpha value is -1.81.